The van der Waals surface area contributed by atoms with Crippen molar-refractivity contribution in [2.75, 3.05) is 19.7 Å². The number of benzene rings is 1. The highest BCUT2D eigenvalue weighted by Crippen LogP contribution is 2.18. The molecule has 0 radical (unpaired) electrons. The van der Waals surface area contributed by atoms with E-state index in [2.05, 4.69) is 10.3 Å². The van der Waals surface area contributed by atoms with Crippen LogP contribution in [0.3, 0.4) is 0 Å². The Balaban J connectivity index is 2.08. The smallest absolute Gasteiger partial charge is 0.294 e. The van der Waals surface area contributed by atoms with Crippen LogP contribution in [0, 0.1) is 11.3 Å². The number of thiocarbonyl (C=S) groups is 1. The molecule has 2 rings (SSSR count). The van der Waals surface area contributed by atoms with Gasteiger partial charge in [-0.25, -0.2) is 4.99 Å². The zero-order valence-electron chi connectivity index (χ0n) is 11.2. The molecule has 0 aliphatic carbocycles. The van der Waals surface area contributed by atoms with E-state index < -0.39 is 0 Å². The highest BCUT2D eigenvalue weighted by molar-refractivity contribution is 7.80. The molecule has 104 valence electrons. The van der Waals surface area contributed by atoms with Crippen molar-refractivity contribution in [3.63, 3.8) is 0 Å². The lowest BCUT2D eigenvalue weighted by atomic mass is 10.1. The first kappa shape index (κ1) is 14.3. The molecule has 1 heterocycles. The van der Waals surface area contributed by atoms with E-state index in [0.717, 1.165) is 5.56 Å². The van der Waals surface area contributed by atoms with Crippen molar-refractivity contribution in [1.29, 1.82) is 5.26 Å². The third-order valence-electron chi connectivity index (χ3n) is 2.93. The van der Waals surface area contributed by atoms with Crippen LogP contribution >= 0.6 is 12.2 Å². The number of nitriles is 1. The van der Waals surface area contributed by atoms with Gasteiger partial charge in [0.25, 0.3) is 6.02 Å². The lowest BCUT2D eigenvalue weighted by Crippen LogP contribution is -2.41. The summed E-state index contributed by atoms with van der Waals surface area (Å²) < 4.78 is 5.52. The fourth-order valence-corrected chi connectivity index (χ4v) is 2.12. The predicted octanol–water partition coefficient (Wildman–Crippen LogP) is 1.83. The molecule has 20 heavy (non-hydrogen) atoms. The molecule has 1 aliphatic rings. The summed E-state index contributed by atoms with van der Waals surface area (Å²) in [6.45, 7) is 3.39. The van der Waals surface area contributed by atoms with E-state index in [0.29, 0.717) is 24.3 Å². The molecule has 0 saturated carbocycles. The van der Waals surface area contributed by atoms with Crippen molar-refractivity contribution >= 4 is 23.4 Å². The molecule has 0 bridgehead atoms. The first-order chi connectivity index (χ1) is 9.72. The molecule has 1 aromatic rings. The number of amidine groups is 1. The molecule has 0 spiro atoms. The largest absolute Gasteiger partial charge is 0.463 e. The first-order valence-electron chi connectivity index (χ1n) is 6.40. The van der Waals surface area contributed by atoms with Crippen molar-refractivity contribution in [2.24, 2.45) is 4.99 Å². The van der Waals surface area contributed by atoms with Gasteiger partial charge in [-0.2, -0.15) is 5.26 Å². The zero-order chi connectivity index (χ0) is 14.4. The third kappa shape index (κ3) is 3.45. The van der Waals surface area contributed by atoms with E-state index in [9.17, 15) is 0 Å². The predicted molar refractivity (Wildman–Crippen MR) is 81.2 cm³/mol. The van der Waals surface area contributed by atoms with Gasteiger partial charge in [-0.1, -0.05) is 30.3 Å². The fraction of sp³-hybridized carbons (Fsp3) is 0.357. The monoisotopic (exact) mass is 288 g/mol. The van der Waals surface area contributed by atoms with Crippen molar-refractivity contribution in [3.05, 3.63) is 35.9 Å². The van der Waals surface area contributed by atoms with Crippen LogP contribution in [0.5, 0.6) is 0 Å². The molecule has 1 saturated heterocycles. The van der Waals surface area contributed by atoms with E-state index in [1.165, 1.54) is 0 Å². The normalized spacial score (nSPS) is 17.4. The molecule has 1 fully saturated rings. The quantitative estimate of drug-likeness (QED) is 0.679. The second kappa shape index (κ2) is 6.87. The summed E-state index contributed by atoms with van der Waals surface area (Å²) in [6.07, 6.45) is 0. The maximum Gasteiger partial charge on any atom is 0.294 e. The van der Waals surface area contributed by atoms with E-state index in [1.807, 2.05) is 43.3 Å². The minimum Gasteiger partial charge on any atom is -0.463 e. The van der Waals surface area contributed by atoms with Gasteiger partial charge < -0.3 is 10.1 Å². The molecule has 0 aromatic heterocycles. The van der Waals surface area contributed by atoms with E-state index in [4.69, 9.17) is 22.2 Å². The van der Waals surface area contributed by atoms with Gasteiger partial charge in [-0.3, -0.25) is 4.90 Å². The second-order valence-corrected chi connectivity index (χ2v) is 4.70. The molecule has 1 unspecified atom stereocenters. The van der Waals surface area contributed by atoms with E-state index in [1.54, 1.807) is 4.90 Å². The van der Waals surface area contributed by atoms with Gasteiger partial charge in [0, 0.05) is 0 Å². The summed E-state index contributed by atoms with van der Waals surface area (Å²) in [5.74, 6) is 0. The zero-order valence-corrected chi connectivity index (χ0v) is 12.1. The summed E-state index contributed by atoms with van der Waals surface area (Å²) >= 11 is 5.23. The molecule has 6 heteroatoms. The maximum absolute atomic E-state index is 8.57. The number of nitrogens with zero attached hydrogens (tertiary/aromatic N) is 3. The number of rotatable bonds is 3. The summed E-state index contributed by atoms with van der Waals surface area (Å²) in [5, 5.41) is 11.9. The molecule has 1 atom stereocenters. The van der Waals surface area contributed by atoms with E-state index in [-0.39, 0.29) is 12.6 Å². The maximum atomic E-state index is 8.57. The van der Waals surface area contributed by atoms with Gasteiger partial charge >= 0.3 is 0 Å². The lowest BCUT2D eigenvalue weighted by molar-refractivity contribution is 0.349. The van der Waals surface area contributed by atoms with Crippen molar-refractivity contribution < 1.29 is 4.74 Å². The van der Waals surface area contributed by atoms with Crippen molar-refractivity contribution in [1.82, 2.24) is 10.2 Å². The Labute approximate surface area is 123 Å². The van der Waals surface area contributed by atoms with Crippen LogP contribution in [0.4, 0.5) is 0 Å². The van der Waals surface area contributed by atoms with Gasteiger partial charge in [0.2, 0.25) is 0 Å². The Morgan fingerprint density at radius 2 is 2.30 bits per heavy atom. The fourth-order valence-electron chi connectivity index (χ4n) is 1.88. The third-order valence-corrected chi connectivity index (χ3v) is 3.29. The molecule has 0 amide bonds. The van der Waals surface area contributed by atoms with Crippen LogP contribution in [-0.4, -0.2) is 35.7 Å². The minimum atomic E-state index is -0.00873. The van der Waals surface area contributed by atoms with Crippen molar-refractivity contribution in [3.8, 4) is 6.07 Å². The molecular formula is C14H16N4OS. The second-order valence-electron chi connectivity index (χ2n) is 4.32. The van der Waals surface area contributed by atoms with Crippen LogP contribution in [0.25, 0.3) is 0 Å². The van der Waals surface area contributed by atoms with Crippen LogP contribution in [0.15, 0.2) is 35.3 Å². The molecule has 5 nitrogen and oxygen atoms in total. The molecule has 1 aliphatic heterocycles. The Hall–Kier alpha value is -2.13. The van der Waals surface area contributed by atoms with Crippen LogP contribution in [0.2, 0.25) is 0 Å². The molecule has 1 aromatic carbocycles. The summed E-state index contributed by atoms with van der Waals surface area (Å²) in [6, 6.07) is 12.5. The van der Waals surface area contributed by atoms with E-state index >= 15 is 0 Å². The van der Waals surface area contributed by atoms with Gasteiger partial charge in [0.1, 0.15) is 13.2 Å². The molecular weight excluding hydrogens is 272 g/mol. The Morgan fingerprint density at radius 3 is 3.00 bits per heavy atom. The van der Waals surface area contributed by atoms with Crippen LogP contribution in [0.1, 0.15) is 18.5 Å². The Kier molecular flexibility index (Phi) is 4.91. The minimum absolute atomic E-state index is 0.00873. The SMILES string of the molecule is CC(/N=C1\OCCN1C(=S)NCC#N)c1ccccc1. The van der Waals surface area contributed by atoms with Gasteiger partial charge in [0.05, 0.1) is 18.7 Å². The van der Waals surface area contributed by atoms with Gasteiger partial charge in [-0.05, 0) is 24.7 Å². The topological polar surface area (TPSA) is 60.6 Å². The number of ether oxygens (including phenoxy) is 1. The Bertz CT molecular complexity index is 538. The summed E-state index contributed by atoms with van der Waals surface area (Å²) in [5.41, 5.74) is 1.12. The number of aliphatic imine (C=N–C) groups is 1. The number of nitrogens with one attached hydrogen (secondary N) is 1. The number of hydrogen-bond acceptors (Lipinski definition) is 4. The lowest BCUT2D eigenvalue weighted by Gasteiger charge is -2.18. The van der Waals surface area contributed by atoms with Crippen molar-refractivity contribution in [2.45, 2.75) is 13.0 Å². The molecule has 1 N–H and O–H groups in total. The van der Waals surface area contributed by atoms with Crippen LogP contribution < -0.4 is 5.32 Å². The van der Waals surface area contributed by atoms with Crippen LogP contribution in [-0.2, 0) is 4.74 Å². The first-order valence-corrected chi connectivity index (χ1v) is 6.81. The number of hydrogen-bond donors (Lipinski definition) is 1. The highest BCUT2D eigenvalue weighted by Gasteiger charge is 2.24. The Morgan fingerprint density at radius 1 is 1.55 bits per heavy atom. The summed E-state index contributed by atoms with van der Waals surface area (Å²) in [7, 11) is 0. The van der Waals surface area contributed by atoms with Gasteiger partial charge in [0.15, 0.2) is 5.11 Å². The average Bonchev–Trinajstić information content (AvgIpc) is 2.94. The van der Waals surface area contributed by atoms with Gasteiger partial charge in [-0.15, -0.1) is 0 Å². The average molecular weight is 288 g/mol. The summed E-state index contributed by atoms with van der Waals surface area (Å²) in [4.78, 5) is 6.35. The highest BCUT2D eigenvalue weighted by atomic mass is 32.1. The standard InChI is InChI=1S/C14H16N4OS/c1-11(12-5-3-2-4-6-12)17-13-18(9-10-19-13)14(20)16-8-7-15/h2-6,11H,8-10H2,1H3,(H,16,20)/b17-13-.